The van der Waals surface area contributed by atoms with Gasteiger partial charge in [0.25, 0.3) is 10.9 Å². The van der Waals surface area contributed by atoms with Gasteiger partial charge in [-0.15, -0.1) is 0 Å². The average molecular weight is 602 g/mol. The highest BCUT2D eigenvalue weighted by Gasteiger charge is 2.25. The van der Waals surface area contributed by atoms with E-state index in [9.17, 15) is 14.7 Å². The smallest absolute Gasteiger partial charge is 0.253 e. The molecule has 0 bridgehead atoms. The number of aliphatic hydroxyl groups is 1. The Kier molecular flexibility index (Phi) is 13.1. The third-order valence-corrected chi connectivity index (χ3v) is 7.91. The van der Waals surface area contributed by atoms with Crippen LogP contribution < -0.4 is 36.7 Å². The van der Waals surface area contributed by atoms with E-state index in [2.05, 4.69) is 24.5 Å². The van der Waals surface area contributed by atoms with Crippen LogP contribution in [-0.4, -0.2) is 57.8 Å². The molecule has 42 heavy (non-hydrogen) atoms. The molecular formula is C32H44ClN3O6. The number of rotatable bonds is 19. The first-order valence-corrected chi connectivity index (χ1v) is 14.8. The van der Waals surface area contributed by atoms with Crippen molar-refractivity contribution in [3.63, 3.8) is 0 Å². The predicted molar refractivity (Wildman–Crippen MR) is 169 cm³/mol. The van der Waals surface area contributed by atoms with E-state index in [-0.39, 0.29) is 23.8 Å². The van der Waals surface area contributed by atoms with E-state index in [1.807, 2.05) is 42.5 Å². The second kappa shape index (κ2) is 16.5. The number of hydrogen-bond donors (Lipinski definition) is 4. The van der Waals surface area contributed by atoms with E-state index in [1.165, 1.54) is 0 Å². The highest BCUT2D eigenvalue weighted by atomic mass is 35.5. The number of anilines is 2. The molecule has 0 saturated heterocycles. The van der Waals surface area contributed by atoms with Crippen LogP contribution in [0.3, 0.4) is 0 Å². The summed E-state index contributed by atoms with van der Waals surface area (Å²) in [5.41, 5.74) is 7.71. The molecule has 9 nitrogen and oxygen atoms in total. The van der Waals surface area contributed by atoms with Gasteiger partial charge in [-0.3, -0.25) is 9.59 Å². The topological polar surface area (TPSA) is 132 Å². The maximum absolute atomic E-state index is 12.2. The van der Waals surface area contributed by atoms with E-state index in [1.54, 1.807) is 14.2 Å². The van der Waals surface area contributed by atoms with Crippen molar-refractivity contribution in [1.29, 1.82) is 0 Å². The normalized spacial score (nSPS) is 13.6. The van der Waals surface area contributed by atoms with Crippen molar-refractivity contribution < 1.29 is 19.3 Å². The van der Waals surface area contributed by atoms with Gasteiger partial charge >= 0.3 is 0 Å². The summed E-state index contributed by atoms with van der Waals surface area (Å²) < 4.78 is 16.5. The molecule has 0 radical (unpaired) electrons. The Morgan fingerprint density at radius 2 is 1.69 bits per heavy atom. The van der Waals surface area contributed by atoms with Crippen LogP contribution in [0.4, 0.5) is 11.4 Å². The van der Waals surface area contributed by atoms with Gasteiger partial charge in [0, 0.05) is 44.3 Å². The maximum Gasteiger partial charge on any atom is 0.253 e. The molecular weight excluding hydrogens is 558 g/mol. The van der Waals surface area contributed by atoms with Gasteiger partial charge in [-0.25, -0.2) is 0 Å². The first kappa shape index (κ1) is 33.4. The zero-order valence-electron chi connectivity index (χ0n) is 25.0. The van der Waals surface area contributed by atoms with Gasteiger partial charge in [0.1, 0.15) is 11.4 Å². The summed E-state index contributed by atoms with van der Waals surface area (Å²) in [4.78, 5) is 24.4. The van der Waals surface area contributed by atoms with Crippen LogP contribution in [0.25, 0.3) is 0 Å². The maximum atomic E-state index is 12.2. The number of ether oxygens (including phenoxy) is 3. The lowest BCUT2D eigenvalue weighted by Gasteiger charge is -2.28. The van der Waals surface area contributed by atoms with Crippen LogP contribution in [0.2, 0.25) is 5.02 Å². The molecule has 3 atom stereocenters. The number of hydrogen-bond acceptors (Lipinski definition) is 9. The summed E-state index contributed by atoms with van der Waals surface area (Å²) in [5.74, 6) is 1.86. The van der Waals surface area contributed by atoms with E-state index < -0.39 is 23.0 Å². The van der Waals surface area contributed by atoms with Gasteiger partial charge in [0.15, 0.2) is 11.5 Å². The Bertz CT molecular complexity index is 1340. The molecule has 0 aromatic heterocycles. The monoisotopic (exact) mass is 601 g/mol. The number of nitrogens with two attached hydrogens (primary N) is 1. The molecule has 3 aromatic rings. The molecule has 5 N–H and O–H groups in total. The Balaban J connectivity index is 1.55. The second-order valence-electron chi connectivity index (χ2n) is 10.9. The molecule has 10 heteroatoms. The highest BCUT2D eigenvalue weighted by Crippen LogP contribution is 2.31. The molecule has 0 aliphatic heterocycles. The first-order valence-electron chi connectivity index (χ1n) is 14.4. The van der Waals surface area contributed by atoms with Gasteiger partial charge in [0.05, 0.1) is 19.8 Å². The SMILES string of the molecule is COCCCOc1cc(C[C@@H](C[C@H](N)[C@@H](O)CNc2c(NCCc3ccccc3Cl)c(=O)c2=O)C(C)C)ccc1OC. The van der Waals surface area contributed by atoms with E-state index >= 15 is 0 Å². The molecule has 0 fully saturated rings. The van der Waals surface area contributed by atoms with Crippen LogP contribution in [-0.2, 0) is 17.6 Å². The fraction of sp³-hybridized carbons (Fsp3) is 0.500. The largest absolute Gasteiger partial charge is 0.493 e. The van der Waals surface area contributed by atoms with E-state index in [4.69, 9.17) is 31.5 Å². The Morgan fingerprint density at radius 1 is 0.976 bits per heavy atom. The summed E-state index contributed by atoms with van der Waals surface area (Å²) in [5, 5.41) is 17.5. The second-order valence-corrected chi connectivity index (χ2v) is 11.3. The minimum Gasteiger partial charge on any atom is -0.493 e. The van der Waals surface area contributed by atoms with E-state index in [0.29, 0.717) is 55.0 Å². The van der Waals surface area contributed by atoms with Crippen molar-refractivity contribution in [3.8, 4) is 11.5 Å². The third kappa shape index (κ3) is 9.19. The molecule has 0 unspecified atom stereocenters. The molecule has 0 aliphatic rings. The number of halogens is 1. The lowest BCUT2D eigenvalue weighted by atomic mass is 9.83. The van der Waals surface area contributed by atoms with Gasteiger partial charge in [-0.2, -0.15) is 0 Å². The standard InChI is InChI=1S/C32H44ClN3O6/c1-20(2)23(16-21-10-11-27(41-4)28(17-21)42-15-7-14-40-3)18-25(34)26(37)19-36-30-29(31(38)32(30)39)35-13-12-22-8-5-6-9-24(22)33/h5-6,8-11,17,20,23,25-26,35-37H,7,12-16,18-19,34H2,1-4H3/t23-,25-,26-/m0/s1. The van der Waals surface area contributed by atoms with Crippen molar-refractivity contribution in [3.05, 3.63) is 79.1 Å². The molecule has 0 heterocycles. The summed E-state index contributed by atoms with van der Waals surface area (Å²) in [6, 6.07) is 12.9. The predicted octanol–water partition coefficient (Wildman–Crippen LogP) is 4.02. The zero-order chi connectivity index (χ0) is 30.6. The van der Waals surface area contributed by atoms with Crippen molar-refractivity contribution in [2.45, 2.75) is 51.7 Å². The minimum atomic E-state index is -0.915. The van der Waals surface area contributed by atoms with Crippen molar-refractivity contribution in [2.24, 2.45) is 17.6 Å². The minimum absolute atomic E-state index is 0.0536. The molecule has 230 valence electrons. The highest BCUT2D eigenvalue weighted by molar-refractivity contribution is 6.31. The summed E-state index contributed by atoms with van der Waals surface area (Å²) in [6.45, 7) is 5.91. The summed E-state index contributed by atoms with van der Waals surface area (Å²) in [6.07, 6.45) is 1.78. The molecule has 0 amide bonds. The van der Waals surface area contributed by atoms with Crippen LogP contribution >= 0.6 is 11.6 Å². The molecule has 3 aromatic carbocycles. The Morgan fingerprint density at radius 3 is 2.36 bits per heavy atom. The number of methoxy groups -OCH3 is 2. The molecule has 0 spiro atoms. The quantitative estimate of drug-likeness (QED) is 0.119. The van der Waals surface area contributed by atoms with Crippen LogP contribution in [0.1, 0.15) is 37.8 Å². The molecule has 0 saturated carbocycles. The van der Waals surface area contributed by atoms with E-state index in [0.717, 1.165) is 24.0 Å². The fourth-order valence-electron chi connectivity index (χ4n) is 4.86. The summed E-state index contributed by atoms with van der Waals surface area (Å²) in [7, 11) is 3.28. The molecule has 0 aliphatic carbocycles. The number of aliphatic hydroxyl groups excluding tert-OH is 1. The Labute approximate surface area is 253 Å². The van der Waals surface area contributed by atoms with Gasteiger partial charge in [-0.05, 0) is 60.4 Å². The lowest BCUT2D eigenvalue weighted by Crippen LogP contribution is -2.44. The first-order chi connectivity index (χ1) is 20.2. The fourth-order valence-corrected chi connectivity index (χ4v) is 5.09. The van der Waals surface area contributed by atoms with Gasteiger partial charge < -0.3 is 35.7 Å². The molecule has 3 rings (SSSR count). The zero-order valence-corrected chi connectivity index (χ0v) is 25.7. The van der Waals surface area contributed by atoms with Crippen LogP contribution in [0, 0.1) is 11.8 Å². The average Bonchev–Trinajstić information content (AvgIpc) is 2.98. The number of nitrogens with one attached hydrogen (secondary N) is 2. The summed E-state index contributed by atoms with van der Waals surface area (Å²) >= 11 is 6.20. The van der Waals surface area contributed by atoms with Crippen LogP contribution in [0.15, 0.2) is 52.1 Å². The van der Waals surface area contributed by atoms with Crippen LogP contribution in [0.5, 0.6) is 11.5 Å². The number of benzene rings is 2. The van der Waals surface area contributed by atoms with Gasteiger partial charge in [-0.1, -0.05) is 49.7 Å². The van der Waals surface area contributed by atoms with Crippen molar-refractivity contribution >= 4 is 23.0 Å². The van der Waals surface area contributed by atoms with Crippen molar-refractivity contribution in [1.82, 2.24) is 0 Å². The lowest BCUT2D eigenvalue weighted by molar-refractivity contribution is 0.137. The van der Waals surface area contributed by atoms with Gasteiger partial charge in [0.2, 0.25) is 0 Å². The Hall–Kier alpha value is -3.11. The third-order valence-electron chi connectivity index (χ3n) is 7.54. The van der Waals surface area contributed by atoms with Crippen molar-refractivity contribution in [2.75, 3.05) is 51.2 Å².